The van der Waals surface area contributed by atoms with Gasteiger partial charge in [0, 0.05) is 28.8 Å². The van der Waals surface area contributed by atoms with Crippen LogP contribution >= 0.6 is 11.6 Å². The molecule has 2 aromatic rings. The van der Waals surface area contributed by atoms with Crippen molar-refractivity contribution in [3.8, 4) is 5.75 Å². The zero-order chi connectivity index (χ0) is 19.8. The SMILES string of the molecule is COc1cccc(NC(=O)[C@@H](C)OC(=O)CCC(=O)c2ccc(Cl)cc2)c1. The lowest BCUT2D eigenvalue weighted by atomic mass is 10.1. The molecule has 0 radical (unpaired) electrons. The Hall–Kier alpha value is -2.86. The summed E-state index contributed by atoms with van der Waals surface area (Å²) in [4.78, 5) is 36.1. The van der Waals surface area contributed by atoms with E-state index in [9.17, 15) is 14.4 Å². The number of anilines is 1. The molecule has 2 aromatic carbocycles. The van der Waals surface area contributed by atoms with Crippen molar-refractivity contribution in [2.75, 3.05) is 12.4 Å². The zero-order valence-electron chi connectivity index (χ0n) is 15.0. The lowest BCUT2D eigenvalue weighted by Gasteiger charge is -2.14. The Morgan fingerprint density at radius 1 is 1.07 bits per heavy atom. The van der Waals surface area contributed by atoms with Gasteiger partial charge in [-0.1, -0.05) is 17.7 Å². The monoisotopic (exact) mass is 389 g/mol. The summed E-state index contributed by atoms with van der Waals surface area (Å²) in [5.74, 6) is -0.693. The summed E-state index contributed by atoms with van der Waals surface area (Å²) in [5.41, 5.74) is 0.996. The smallest absolute Gasteiger partial charge is 0.307 e. The van der Waals surface area contributed by atoms with E-state index in [1.54, 1.807) is 48.5 Å². The van der Waals surface area contributed by atoms with Gasteiger partial charge in [0.2, 0.25) is 0 Å². The minimum atomic E-state index is -0.991. The topological polar surface area (TPSA) is 81.7 Å². The second kappa shape index (κ2) is 9.73. The molecule has 0 unspecified atom stereocenters. The number of amides is 1. The Morgan fingerprint density at radius 2 is 1.78 bits per heavy atom. The van der Waals surface area contributed by atoms with Crippen LogP contribution in [0.25, 0.3) is 0 Å². The van der Waals surface area contributed by atoms with E-state index in [0.717, 1.165) is 0 Å². The molecule has 0 spiro atoms. The first kappa shape index (κ1) is 20.5. The first-order chi connectivity index (χ1) is 12.9. The molecule has 0 fully saturated rings. The van der Waals surface area contributed by atoms with Crippen molar-refractivity contribution in [2.45, 2.75) is 25.9 Å². The average molecular weight is 390 g/mol. The minimum Gasteiger partial charge on any atom is -0.497 e. The molecule has 0 saturated heterocycles. The average Bonchev–Trinajstić information content (AvgIpc) is 2.66. The second-order valence-corrected chi connectivity index (χ2v) is 6.22. The summed E-state index contributed by atoms with van der Waals surface area (Å²) >= 11 is 5.78. The van der Waals surface area contributed by atoms with Gasteiger partial charge in [-0.15, -0.1) is 0 Å². The lowest BCUT2D eigenvalue weighted by Crippen LogP contribution is -2.30. The molecule has 0 heterocycles. The third kappa shape index (κ3) is 6.42. The highest BCUT2D eigenvalue weighted by Crippen LogP contribution is 2.17. The molecule has 2 rings (SSSR count). The van der Waals surface area contributed by atoms with Crippen LogP contribution in [0.2, 0.25) is 5.02 Å². The van der Waals surface area contributed by atoms with Gasteiger partial charge in [-0.25, -0.2) is 0 Å². The van der Waals surface area contributed by atoms with E-state index in [4.69, 9.17) is 21.1 Å². The molecule has 0 aromatic heterocycles. The Balaban J connectivity index is 1.80. The van der Waals surface area contributed by atoms with Crippen molar-refractivity contribution in [3.63, 3.8) is 0 Å². The molecule has 0 saturated carbocycles. The predicted molar refractivity (Wildman–Crippen MR) is 102 cm³/mol. The number of Topliss-reactive ketones (excluding diaryl/α,β-unsaturated/α-hetero) is 1. The summed E-state index contributed by atoms with van der Waals surface area (Å²) in [5, 5.41) is 3.17. The number of carbonyl (C=O) groups is 3. The molecule has 6 nitrogen and oxygen atoms in total. The van der Waals surface area contributed by atoms with E-state index in [1.165, 1.54) is 14.0 Å². The number of methoxy groups -OCH3 is 1. The van der Waals surface area contributed by atoms with Crippen molar-refractivity contribution in [2.24, 2.45) is 0 Å². The summed E-state index contributed by atoms with van der Waals surface area (Å²) in [6.45, 7) is 1.47. The zero-order valence-corrected chi connectivity index (χ0v) is 15.8. The quantitative estimate of drug-likeness (QED) is 0.547. The number of rotatable bonds is 8. The maximum atomic E-state index is 12.1. The normalized spacial score (nSPS) is 11.4. The van der Waals surface area contributed by atoms with Gasteiger partial charge in [-0.05, 0) is 43.3 Å². The van der Waals surface area contributed by atoms with Gasteiger partial charge in [-0.2, -0.15) is 0 Å². The number of ether oxygens (including phenoxy) is 2. The van der Waals surface area contributed by atoms with Crippen molar-refractivity contribution in [1.29, 1.82) is 0 Å². The summed E-state index contributed by atoms with van der Waals surface area (Å²) in [6.07, 6.45) is -1.11. The fraction of sp³-hybridized carbons (Fsp3) is 0.250. The van der Waals surface area contributed by atoms with Gasteiger partial charge >= 0.3 is 5.97 Å². The number of hydrogen-bond donors (Lipinski definition) is 1. The molecule has 0 bridgehead atoms. The van der Waals surface area contributed by atoms with Crippen LogP contribution in [0.5, 0.6) is 5.75 Å². The third-order valence-electron chi connectivity index (χ3n) is 3.74. The van der Waals surface area contributed by atoms with Gasteiger partial charge in [0.1, 0.15) is 5.75 Å². The highest BCUT2D eigenvalue weighted by molar-refractivity contribution is 6.30. The van der Waals surface area contributed by atoms with Crippen LogP contribution in [-0.2, 0) is 14.3 Å². The van der Waals surface area contributed by atoms with Gasteiger partial charge in [0.15, 0.2) is 11.9 Å². The Morgan fingerprint density at radius 3 is 2.44 bits per heavy atom. The number of ketones is 1. The molecule has 1 N–H and O–H groups in total. The van der Waals surface area contributed by atoms with E-state index in [1.807, 2.05) is 0 Å². The molecule has 0 aliphatic rings. The number of hydrogen-bond acceptors (Lipinski definition) is 5. The predicted octanol–water partition coefficient (Wildman–Crippen LogP) is 3.88. The molecule has 27 heavy (non-hydrogen) atoms. The van der Waals surface area contributed by atoms with Crippen LogP contribution in [0, 0.1) is 0 Å². The van der Waals surface area contributed by atoms with Crippen molar-refractivity contribution < 1.29 is 23.9 Å². The highest BCUT2D eigenvalue weighted by Gasteiger charge is 2.19. The largest absolute Gasteiger partial charge is 0.497 e. The van der Waals surface area contributed by atoms with Crippen LogP contribution in [0.4, 0.5) is 5.69 Å². The summed E-state index contributed by atoms with van der Waals surface area (Å²) in [7, 11) is 1.52. The molecule has 0 aliphatic heterocycles. The number of benzene rings is 2. The maximum Gasteiger partial charge on any atom is 0.307 e. The van der Waals surface area contributed by atoms with Gasteiger partial charge in [0.05, 0.1) is 13.5 Å². The van der Waals surface area contributed by atoms with Crippen molar-refractivity contribution in [3.05, 3.63) is 59.1 Å². The molecular formula is C20H20ClNO5. The van der Waals surface area contributed by atoms with Crippen molar-refractivity contribution >= 4 is 34.9 Å². The Kier molecular flexibility index (Phi) is 7.37. The van der Waals surface area contributed by atoms with E-state index in [-0.39, 0.29) is 18.6 Å². The molecule has 142 valence electrons. The third-order valence-corrected chi connectivity index (χ3v) is 3.99. The van der Waals surface area contributed by atoms with Crippen LogP contribution in [0.3, 0.4) is 0 Å². The molecule has 1 amide bonds. The number of halogens is 1. The van der Waals surface area contributed by atoms with Crippen molar-refractivity contribution in [1.82, 2.24) is 0 Å². The summed E-state index contributed by atoms with van der Waals surface area (Å²) in [6, 6.07) is 13.2. The first-order valence-corrected chi connectivity index (χ1v) is 8.70. The standard InChI is InChI=1S/C20H20ClNO5/c1-13(20(25)22-16-4-3-5-17(12-16)26-2)27-19(24)11-10-18(23)14-6-8-15(21)9-7-14/h3-9,12-13H,10-11H2,1-2H3,(H,22,25)/t13-/m1/s1. The van der Waals surface area contributed by atoms with Crippen LogP contribution in [-0.4, -0.2) is 30.9 Å². The lowest BCUT2D eigenvalue weighted by molar-refractivity contribution is -0.153. The van der Waals surface area contributed by atoms with E-state index in [2.05, 4.69) is 5.32 Å². The van der Waals surface area contributed by atoms with E-state index >= 15 is 0 Å². The molecular weight excluding hydrogens is 370 g/mol. The minimum absolute atomic E-state index is 0.00924. The number of esters is 1. The second-order valence-electron chi connectivity index (χ2n) is 5.78. The van der Waals surface area contributed by atoms with E-state index in [0.29, 0.717) is 22.0 Å². The fourth-order valence-electron chi connectivity index (χ4n) is 2.25. The Labute approximate surface area is 162 Å². The van der Waals surface area contributed by atoms with Gasteiger partial charge in [0.25, 0.3) is 5.91 Å². The first-order valence-electron chi connectivity index (χ1n) is 8.32. The molecule has 0 aliphatic carbocycles. The highest BCUT2D eigenvalue weighted by atomic mass is 35.5. The van der Waals surface area contributed by atoms with Gasteiger partial charge < -0.3 is 14.8 Å². The molecule has 7 heteroatoms. The summed E-state index contributed by atoms with van der Waals surface area (Å²) < 4.78 is 10.2. The van der Waals surface area contributed by atoms with Gasteiger partial charge in [-0.3, -0.25) is 14.4 Å². The maximum absolute atomic E-state index is 12.1. The molecule has 1 atom stereocenters. The van der Waals surface area contributed by atoms with Crippen LogP contribution in [0.1, 0.15) is 30.1 Å². The number of carbonyl (C=O) groups excluding carboxylic acids is 3. The fourth-order valence-corrected chi connectivity index (χ4v) is 2.38. The van der Waals surface area contributed by atoms with Crippen LogP contribution in [0.15, 0.2) is 48.5 Å². The number of nitrogens with one attached hydrogen (secondary N) is 1. The van der Waals surface area contributed by atoms with E-state index < -0.39 is 18.0 Å². The Bertz CT molecular complexity index is 819. The van der Waals surface area contributed by atoms with Crippen LogP contribution < -0.4 is 10.1 Å².